The summed E-state index contributed by atoms with van der Waals surface area (Å²) in [5.74, 6) is -0.229. The minimum atomic E-state index is -0.186. The Kier molecular flexibility index (Phi) is 4.92. The molecule has 1 rings (SSSR count). The second kappa shape index (κ2) is 6.23. The molecular formula is C12H17FN2O. The molecule has 88 valence electrons. The average Bonchev–Trinajstić information content (AvgIpc) is 2.21. The van der Waals surface area contributed by atoms with Crippen molar-refractivity contribution in [3.05, 3.63) is 35.6 Å². The lowest BCUT2D eigenvalue weighted by atomic mass is 10.2. The van der Waals surface area contributed by atoms with E-state index < -0.39 is 0 Å². The Balaban J connectivity index is 2.37. The monoisotopic (exact) mass is 224 g/mol. The summed E-state index contributed by atoms with van der Waals surface area (Å²) in [6.07, 6.45) is 0. The van der Waals surface area contributed by atoms with E-state index in [0.717, 1.165) is 0 Å². The molecule has 1 aromatic carbocycles. The number of nitrogens with one attached hydrogen (secondary N) is 1. The van der Waals surface area contributed by atoms with Gasteiger partial charge in [-0.2, -0.15) is 0 Å². The number of amides is 1. The van der Waals surface area contributed by atoms with Gasteiger partial charge in [-0.05, 0) is 13.1 Å². The van der Waals surface area contributed by atoms with Gasteiger partial charge in [0.25, 0.3) is 0 Å². The van der Waals surface area contributed by atoms with Crippen LogP contribution in [-0.4, -0.2) is 30.9 Å². The van der Waals surface area contributed by atoms with Gasteiger partial charge in [-0.15, -0.1) is 0 Å². The van der Waals surface area contributed by atoms with Gasteiger partial charge in [0.1, 0.15) is 5.82 Å². The summed E-state index contributed by atoms with van der Waals surface area (Å²) in [5.41, 5.74) is 0.674. The molecule has 0 saturated heterocycles. The molecule has 0 aliphatic rings. The number of carbonyl (C=O) groups excluding carboxylic acids is 1. The second-order valence-corrected chi connectivity index (χ2v) is 3.81. The van der Waals surface area contributed by atoms with Crippen molar-refractivity contribution in [3.8, 4) is 0 Å². The van der Waals surface area contributed by atoms with E-state index in [0.29, 0.717) is 25.2 Å². The maximum Gasteiger partial charge on any atom is 0.216 e. The molecule has 0 aromatic heterocycles. The molecule has 0 spiro atoms. The van der Waals surface area contributed by atoms with Gasteiger partial charge in [0.15, 0.2) is 0 Å². The molecule has 0 fully saturated rings. The Hall–Kier alpha value is -1.42. The van der Waals surface area contributed by atoms with Crippen LogP contribution in [0.2, 0.25) is 0 Å². The maximum atomic E-state index is 13.3. The summed E-state index contributed by atoms with van der Waals surface area (Å²) in [5, 5.41) is 2.70. The molecule has 0 aliphatic carbocycles. The van der Waals surface area contributed by atoms with Gasteiger partial charge >= 0.3 is 0 Å². The van der Waals surface area contributed by atoms with Gasteiger partial charge in [-0.25, -0.2) is 4.39 Å². The van der Waals surface area contributed by atoms with Crippen LogP contribution in [0.3, 0.4) is 0 Å². The zero-order chi connectivity index (χ0) is 12.0. The van der Waals surface area contributed by atoms with Gasteiger partial charge < -0.3 is 10.2 Å². The topological polar surface area (TPSA) is 32.3 Å². The summed E-state index contributed by atoms with van der Waals surface area (Å²) in [7, 11) is 1.90. The van der Waals surface area contributed by atoms with Gasteiger partial charge in [-0.1, -0.05) is 18.2 Å². The lowest BCUT2D eigenvalue weighted by Gasteiger charge is -2.16. The molecule has 4 heteroatoms. The highest BCUT2D eigenvalue weighted by Crippen LogP contribution is 2.08. The van der Waals surface area contributed by atoms with E-state index in [1.807, 2.05) is 18.0 Å². The lowest BCUT2D eigenvalue weighted by molar-refractivity contribution is -0.119. The first kappa shape index (κ1) is 12.6. The van der Waals surface area contributed by atoms with Crippen molar-refractivity contribution < 1.29 is 9.18 Å². The number of likely N-dealkylation sites (N-methyl/N-ethyl adjacent to an activating group) is 1. The summed E-state index contributed by atoms with van der Waals surface area (Å²) >= 11 is 0. The molecule has 0 heterocycles. The smallest absolute Gasteiger partial charge is 0.216 e. The van der Waals surface area contributed by atoms with Crippen molar-refractivity contribution in [3.63, 3.8) is 0 Å². The molecule has 1 aromatic rings. The van der Waals surface area contributed by atoms with E-state index in [9.17, 15) is 9.18 Å². The number of rotatable bonds is 5. The van der Waals surface area contributed by atoms with Crippen molar-refractivity contribution >= 4 is 5.91 Å². The second-order valence-electron chi connectivity index (χ2n) is 3.81. The molecule has 0 radical (unpaired) electrons. The van der Waals surface area contributed by atoms with Crippen molar-refractivity contribution in [1.29, 1.82) is 0 Å². The molecule has 1 amide bonds. The van der Waals surface area contributed by atoms with Crippen molar-refractivity contribution in [2.45, 2.75) is 13.5 Å². The zero-order valence-electron chi connectivity index (χ0n) is 9.66. The van der Waals surface area contributed by atoms with Crippen LogP contribution >= 0.6 is 0 Å². The van der Waals surface area contributed by atoms with E-state index in [1.54, 1.807) is 12.1 Å². The summed E-state index contributed by atoms with van der Waals surface area (Å²) in [6, 6.07) is 6.72. The summed E-state index contributed by atoms with van der Waals surface area (Å²) in [4.78, 5) is 12.6. The van der Waals surface area contributed by atoms with Gasteiger partial charge in [0.05, 0.1) is 0 Å². The standard InChI is InChI=1S/C12H17FN2O/c1-10(16)14-7-8-15(2)9-11-5-3-4-6-12(11)13/h3-6H,7-9H2,1-2H3,(H,14,16). The highest BCUT2D eigenvalue weighted by Gasteiger charge is 2.04. The molecule has 0 saturated carbocycles. The largest absolute Gasteiger partial charge is 0.355 e. The van der Waals surface area contributed by atoms with Crippen LogP contribution in [0.25, 0.3) is 0 Å². The third-order valence-corrected chi connectivity index (χ3v) is 2.27. The molecule has 0 aliphatic heterocycles. The molecule has 0 atom stereocenters. The number of hydrogen-bond acceptors (Lipinski definition) is 2. The maximum absolute atomic E-state index is 13.3. The summed E-state index contributed by atoms with van der Waals surface area (Å²) in [6.45, 7) is 3.32. The predicted molar refractivity (Wildman–Crippen MR) is 61.4 cm³/mol. The first-order valence-corrected chi connectivity index (χ1v) is 5.26. The molecule has 3 nitrogen and oxygen atoms in total. The first-order valence-electron chi connectivity index (χ1n) is 5.26. The lowest BCUT2D eigenvalue weighted by Crippen LogP contribution is -2.31. The van der Waals surface area contributed by atoms with Crippen LogP contribution in [0, 0.1) is 5.82 Å². The van der Waals surface area contributed by atoms with Crippen molar-refractivity contribution in [2.24, 2.45) is 0 Å². The van der Waals surface area contributed by atoms with Crippen LogP contribution in [0.15, 0.2) is 24.3 Å². The third-order valence-electron chi connectivity index (χ3n) is 2.27. The molecule has 1 N–H and O–H groups in total. The average molecular weight is 224 g/mol. The van der Waals surface area contributed by atoms with E-state index in [1.165, 1.54) is 13.0 Å². The molecule has 16 heavy (non-hydrogen) atoms. The zero-order valence-corrected chi connectivity index (χ0v) is 9.66. The van der Waals surface area contributed by atoms with E-state index >= 15 is 0 Å². The van der Waals surface area contributed by atoms with Crippen LogP contribution in [0.1, 0.15) is 12.5 Å². The van der Waals surface area contributed by atoms with Crippen molar-refractivity contribution in [1.82, 2.24) is 10.2 Å². The highest BCUT2D eigenvalue weighted by molar-refractivity contribution is 5.72. The highest BCUT2D eigenvalue weighted by atomic mass is 19.1. The third kappa shape index (κ3) is 4.40. The predicted octanol–water partition coefficient (Wildman–Crippen LogP) is 1.39. The fraction of sp³-hybridized carbons (Fsp3) is 0.417. The minimum Gasteiger partial charge on any atom is -0.355 e. The number of halogens is 1. The van der Waals surface area contributed by atoms with E-state index in [2.05, 4.69) is 5.32 Å². The Morgan fingerprint density at radius 2 is 2.12 bits per heavy atom. The van der Waals surface area contributed by atoms with E-state index in [-0.39, 0.29) is 11.7 Å². The Bertz CT molecular complexity index is 355. The van der Waals surface area contributed by atoms with Gasteiger partial charge in [-0.3, -0.25) is 4.79 Å². The number of hydrogen-bond donors (Lipinski definition) is 1. The normalized spacial score (nSPS) is 10.5. The van der Waals surface area contributed by atoms with Gasteiger partial charge in [0, 0.05) is 32.1 Å². The number of carbonyl (C=O) groups is 1. The Labute approximate surface area is 95.3 Å². The summed E-state index contributed by atoms with van der Waals surface area (Å²) < 4.78 is 13.3. The van der Waals surface area contributed by atoms with Gasteiger partial charge in [0.2, 0.25) is 5.91 Å². The van der Waals surface area contributed by atoms with Crippen LogP contribution < -0.4 is 5.32 Å². The Morgan fingerprint density at radius 3 is 2.75 bits per heavy atom. The molecular weight excluding hydrogens is 207 g/mol. The number of benzene rings is 1. The minimum absolute atomic E-state index is 0.0423. The Morgan fingerprint density at radius 1 is 1.44 bits per heavy atom. The van der Waals surface area contributed by atoms with E-state index in [4.69, 9.17) is 0 Å². The fourth-order valence-corrected chi connectivity index (χ4v) is 1.42. The number of nitrogens with zero attached hydrogens (tertiary/aromatic N) is 1. The SMILES string of the molecule is CC(=O)NCCN(C)Cc1ccccc1F. The van der Waals surface area contributed by atoms with Crippen molar-refractivity contribution in [2.75, 3.05) is 20.1 Å². The van der Waals surface area contributed by atoms with Crippen LogP contribution in [0.4, 0.5) is 4.39 Å². The van der Waals surface area contributed by atoms with Crippen LogP contribution in [0.5, 0.6) is 0 Å². The fourth-order valence-electron chi connectivity index (χ4n) is 1.42. The molecule has 0 unspecified atom stereocenters. The quantitative estimate of drug-likeness (QED) is 0.819. The first-order chi connectivity index (χ1) is 7.59. The van der Waals surface area contributed by atoms with Crippen LogP contribution in [-0.2, 0) is 11.3 Å². The molecule has 0 bridgehead atoms.